The SMILES string of the molecule is Cc1noc(C)c1S(=O)(=O)N1CCCC(C(=O)Nc2ccc3nc(C4CCCO4)[nH]c3c2)C1. The number of aromatic amines is 1. The summed E-state index contributed by atoms with van der Waals surface area (Å²) in [5.41, 5.74) is 2.60. The first-order chi connectivity index (χ1) is 15.8. The van der Waals surface area contributed by atoms with Gasteiger partial charge in [0.25, 0.3) is 0 Å². The maximum atomic E-state index is 13.1. The van der Waals surface area contributed by atoms with Gasteiger partial charge in [0, 0.05) is 25.4 Å². The van der Waals surface area contributed by atoms with E-state index in [0.29, 0.717) is 30.8 Å². The number of amides is 1. The smallest absolute Gasteiger partial charge is 0.248 e. The summed E-state index contributed by atoms with van der Waals surface area (Å²) < 4.78 is 38.4. The molecule has 1 aromatic carbocycles. The first kappa shape index (κ1) is 22.1. The van der Waals surface area contributed by atoms with E-state index in [1.165, 1.54) is 4.31 Å². The van der Waals surface area contributed by atoms with Crippen LogP contribution in [0.1, 0.15) is 49.1 Å². The molecule has 5 rings (SSSR count). The molecular formula is C22H27N5O5S. The van der Waals surface area contributed by atoms with Gasteiger partial charge in [0.1, 0.15) is 22.5 Å². The second-order valence-corrected chi connectivity index (χ2v) is 10.6. The second-order valence-electron chi connectivity index (χ2n) is 8.70. The zero-order valence-electron chi connectivity index (χ0n) is 18.6. The van der Waals surface area contributed by atoms with Crippen LogP contribution < -0.4 is 5.32 Å². The highest BCUT2D eigenvalue weighted by Gasteiger charge is 2.36. The maximum absolute atomic E-state index is 13.1. The van der Waals surface area contributed by atoms with Gasteiger partial charge in [0.2, 0.25) is 15.9 Å². The Morgan fingerprint density at radius 3 is 2.82 bits per heavy atom. The largest absolute Gasteiger partial charge is 0.370 e. The van der Waals surface area contributed by atoms with E-state index in [-0.39, 0.29) is 29.2 Å². The van der Waals surface area contributed by atoms with Crippen LogP contribution >= 0.6 is 0 Å². The highest BCUT2D eigenvalue weighted by atomic mass is 32.2. The van der Waals surface area contributed by atoms with E-state index in [2.05, 4.69) is 20.4 Å². The lowest BCUT2D eigenvalue weighted by atomic mass is 9.98. The minimum atomic E-state index is -3.78. The molecule has 0 aliphatic carbocycles. The molecule has 4 heterocycles. The van der Waals surface area contributed by atoms with Gasteiger partial charge in [-0.05, 0) is 57.7 Å². The molecule has 2 aromatic heterocycles. The van der Waals surface area contributed by atoms with Crippen molar-refractivity contribution < 1.29 is 22.5 Å². The third kappa shape index (κ3) is 4.16. The molecule has 1 amide bonds. The lowest BCUT2D eigenvalue weighted by Gasteiger charge is -2.31. The number of hydrogen-bond acceptors (Lipinski definition) is 7. The summed E-state index contributed by atoms with van der Waals surface area (Å²) in [6.45, 7) is 4.41. The number of H-pyrrole nitrogens is 1. The van der Waals surface area contributed by atoms with Crippen molar-refractivity contribution in [2.24, 2.45) is 5.92 Å². The average Bonchev–Trinajstić information content (AvgIpc) is 3.53. The number of imidazole rings is 1. The minimum Gasteiger partial charge on any atom is -0.370 e. The number of hydrogen-bond donors (Lipinski definition) is 2. The molecule has 2 aliphatic heterocycles. The second kappa shape index (κ2) is 8.54. The van der Waals surface area contributed by atoms with Crippen molar-refractivity contribution in [2.45, 2.75) is 50.5 Å². The van der Waals surface area contributed by atoms with E-state index < -0.39 is 15.9 Å². The summed E-state index contributed by atoms with van der Waals surface area (Å²) in [7, 11) is -3.78. The number of sulfonamides is 1. The van der Waals surface area contributed by atoms with Crippen molar-refractivity contribution in [1.82, 2.24) is 19.4 Å². The van der Waals surface area contributed by atoms with Crippen LogP contribution in [0.4, 0.5) is 5.69 Å². The standard InChI is InChI=1S/C22H27N5O5S/c1-13-20(14(2)32-26-13)33(29,30)27-9-3-5-15(12-27)22(28)23-16-7-8-17-18(11-16)25-21(24-17)19-6-4-10-31-19/h7-8,11,15,19H,3-6,9-10,12H2,1-2H3,(H,23,28)(H,24,25). The van der Waals surface area contributed by atoms with Gasteiger partial charge in [0.05, 0.1) is 17.0 Å². The number of carbonyl (C=O) groups excluding carboxylic acids is 1. The third-order valence-electron chi connectivity index (χ3n) is 6.32. The highest BCUT2D eigenvalue weighted by Crippen LogP contribution is 2.30. The topological polar surface area (TPSA) is 130 Å². The van der Waals surface area contributed by atoms with Crippen LogP contribution in [0.15, 0.2) is 27.6 Å². The molecule has 176 valence electrons. The predicted molar refractivity (Wildman–Crippen MR) is 120 cm³/mol. The van der Waals surface area contributed by atoms with Crippen LogP contribution in [0.5, 0.6) is 0 Å². The van der Waals surface area contributed by atoms with Crippen molar-refractivity contribution in [3.8, 4) is 0 Å². The molecule has 3 aromatic rings. The summed E-state index contributed by atoms with van der Waals surface area (Å²) in [4.78, 5) is 21.0. The fourth-order valence-electron chi connectivity index (χ4n) is 4.64. The Morgan fingerprint density at radius 1 is 1.24 bits per heavy atom. The molecule has 0 radical (unpaired) electrons. The van der Waals surface area contributed by atoms with Crippen LogP contribution in [0.2, 0.25) is 0 Å². The Morgan fingerprint density at radius 2 is 2.09 bits per heavy atom. The molecule has 0 saturated carbocycles. The molecule has 2 aliphatic rings. The number of piperidine rings is 1. The number of fused-ring (bicyclic) bond motifs is 1. The molecule has 2 unspecified atom stereocenters. The van der Waals surface area contributed by atoms with Gasteiger partial charge >= 0.3 is 0 Å². The molecule has 2 atom stereocenters. The number of aromatic nitrogens is 3. The quantitative estimate of drug-likeness (QED) is 0.582. The average molecular weight is 474 g/mol. The van der Waals surface area contributed by atoms with Crippen molar-refractivity contribution in [2.75, 3.05) is 25.0 Å². The zero-order valence-corrected chi connectivity index (χ0v) is 19.4. The Balaban J connectivity index is 1.30. The van der Waals surface area contributed by atoms with Crippen LogP contribution in [0, 0.1) is 19.8 Å². The van der Waals surface area contributed by atoms with Crippen molar-refractivity contribution in [1.29, 1.82) is 0 Å². The number of nitrogens with zero attached hydrogens (tertiary/aromatic N) is 3. The van der Waals surface area contributed by atoms with Gasteiger partial charge in [-0.1, -0.05) is 5.16 Å². The number of aryl methyl sites for hydroxylation is 2. The van der Waals surface area contributed by atoms with Crippen LogP contribution in [0.25, 0.3) is 11.0 Å². The Bertz CT molecular complexity index is 1270. The molecular weight excluding hydrogens is 446 g/mol. The molecule has 11 heteroatoms. The van der Waals surface area contributed by atoms with Gasteiger partial charge < -0.3 is 19.6 Å². The first-order valence-electron chi connectivity index (χ1n) is 11.2. The Labute approximate surface area is 191 Å². The first-order valence-corrected chi connectivity index (χ1v) is 12.6. The summed E-state index contributed by atoms with van der Waals surface area (Å²) in [6.07, 6.45) is 3.18. The van der Waals surface area contributed by atoms with Gasteiger partial charge in [-0.3, -0.25) is 4.79 Å². The Hall–Kier alpha value is -2.76. The molecule has 2 N–H and O–H groups in total. The van der Waals surface area contributed by atoms with Gasteiger partial charge in [-0.15, -0.1) is 0 Å². The fourth-order valence-corrected chi connectivity index (χ4v) is 6.46. The third-order valence-corrected chi connectivity index (χ3v) is 8.43. The lowest BCUT2D eigenvalue weighted by Crippen LogP contribution is -2.43. The summed E-state index contributed by atoms with van der Waals surface area (Å²) in [6, 6.07) is 5.51. The normalized spacial score (nSPS) is 22.1. The Kier molecular flexibility index (Phi) is 5.71. The number of rotatable bonds is 5. The molecule has 33 heavy (non-hydrogen) atoms. The summed E-state index contributed by atoms with van der Waals surface area (Å²) in [5.74, 6) is 0.411. The van der Waals surface area contributed by atoms with Crippen LogP contribution in [-0.2, 0) is 19.6 Å². The maximum Gasteiger partial charge on any atom is 0.248 e. The molecule has 10 nitrogen and oxygen atoms in total. The van der Waals surface area contributed by atoms with E-state index in [0.717, 1.165) is 36.3 Å². The fraction of sp³-hybridized carbons (Fsp3) is 0.500. The van der Waals surface area contributed by atoms with Gasteiger partial charge in [-0.2, -0.15) is 4.31 Å². The van der Waals surface area contributed by atoms with E-state index >= 15 is 0 Å². The minimum absolute atomic E-state index is 0.0108. The molecule has 2 saturated heterocycles. The van der Waals surface area contributed by atoms with Gasteiger partial charge in [0.15, 0.2) is 5.76 Å². The van der Waals surface area contributed by atoms with E-state index in [9.17, 15) is 13.2 Å². The number of anilines is 1. The lowest BCUT2D eigenvalue weighted by molar-refractivity contribution is -0.120. The van der Waals surface area contributed by atoms with Crippen LogP contribution in [-0.4, -0.2) is 53.5 Å². The number of benzene rings is 1. The van der Waals surface area contributed by atoms with E-state index in [1.54, 1.807) is 13.8 Å². The van der Waals surface area contributed by atoms with Crippen molar-refractivity contribution >= 4 is 32.7 Å². The summed E-state index contributed by atoms with van der Waals surface area (Å²) in [5, 5.41) is 6.70. The molecule has 0 spiro atoms. The van der Waals surface area contributed by atoms with Crippen molar-refractivity contribution in [3.63, 3.8) is 0 Å². The van der Waals surface area contributed by atoms with E-state index in [1.807, 2.05) is 18.2 Å². The number of carbonyl (C=O) groups is 1. The number of ether oxygens (including phenoxy) is 1. The monoisotopic (exact) mass is 473 g/mol. The predicted octanol–water partition coefficient (Wildman–Crippen LogP) is 3.06. The zero-order chi connectivity index (χ0) is 23.2. The molecule has 2 fully saturated rings. The highest BCUT2D eigenvalue weighted by molar-refractivity contribution is 7.89. The van der Waals surface area contributed by atoms with E-state index in [4.69, 9.17) is 9.26 Å². The van der Waals surface area contributed by atoms with Crippen molar-refractivity contribution in [3.05, 3.63) is 35.5 Å². The van der Waals surface area contributed by atoms with Gasteiger partial charge in [-0.25, -0.2) is 13.4 Å². The number of nitrogens with one attached hydrogen (secondary N) is 2. The van der Waals surface area contributed by atoms with Crippen LogP contribution in [0.3, 0.4) is 0 Å². The molecule has 0 bridgehead atoms. The summed E-state index contributed by atoms with van der Waals surface area (Å²) >= 11 is 0.